The van der Waals surface area contributed by atoms with Gasteiger partial charge in [0, 0.05) is 5.69 Å². The first-order chi connectivity index (χ1) is 9.87. The van der Waals surface area contributed by atoms with Gasteiger partial charge in [-0.2, -0.15) is 0 Å². The number of carbonyl (C=O) groups is 1. The molecular formula is C16H21N3O2. The Kier molecular flexibility index (Phi) is 4.31. The first kappa shape index (κ1) is 15.1. The van der Waals surface area contributed by atoms with E-state index in [-0.39, 0.29) is 6.04 Å². The van der Waals surface area contributed by atoms with Gasteiger partial charge in [-0.05, 0) is 39.8 Å². The summed E-state index contributed by atoms with van der Waals surface area (Å²) in [6.45, 7) is 7.42. The van der Waals surface area contributed by atoms with Crippen LogP contribution in [-0.4, -0.2) is 21.2 Å². The van der Waals surface area contributed by atoms with Gasteiger partial charge < -0.3 is 14.6 Å². The van der Waals surface area contributed by atoms with Crippen molar-refractivity contribution >= 4 is 6.09 Å². The van der Waals surface area contributed by atoms with Crippen molar-refractivity contribution < 1.29 is 9.53 Å². The average Bonchev–Trinajstić information content (AvgIpc) is 2.86. The van der Waals surface area contributed by atoms with Gasteiger partial charge in [0.05, 0.1) is 24.3 Å². The number of nitrogens with zero attached hydrogens (tertiary/aromatic N) is 2. The quantitative estimate of drug-likeness (QED) is 0.940. The number of nitrogens with one attached hydrogen (secondary N) is 1. The highest BCUT2D eigenvalue weighted by atomic mass is 16.6. The molecule has 2 rings (SSSR count). The molecule has 0 saturated heterocycles. The summed E-state index contributed by atoms with van der Waals surface area (Å²) in [7, 11) is 0. The Bertz CT molecular complexity index is 599. The smallest absolute Gasteiger partial charge is 0.408 e. The van der Waals surface area contributed by atoms with E-state index in [9.17, 15) is 4.79 Å². The molecule has 0 aliphatic heterocycles. The summed E-state index contributed by atoms with van der Waals surface area (Å²) in [6.07, 6.45) is 3.04. The van der Waals surface area contributed by atoms with E-state index in [0.717, 1.165) is 11.4 Å². The van der Waals surface area contributed by atoms with E-state index >= 15 is 0 Å². The van der Waals surface area contributed by atoms with Crippen LogP contribution in [0.1, 0.15) is 39.4 Å². The number of benzene rings is 1. The van der Waals surface area contributed by atoms with E-state index in [0.29, 0.717) is 0 Å². The van der Waals surface area contributed by atoms with E-state index < -0.39 is 11.7 Å². The summed E-state index contributed by atoms with van der Waals surface area (Å²) in [5.74, 6) is 0. The van der Waals surface area contributed by atoms with Gasteiger partial charge in [0.2, 0.25) is 0 Å². The monoisotopic (exact) mass is 287 g/mol. The Labute approximate surface area is 125 Å². The fraction of sp³-hybridized carbons (Fsp3) is 0.375. The van der Waals surface area contributed by atoms with E-state index in [1.165, 1.54) is 0 Å². The molecule has 5 heteroatoms. The Morgan fingerprint density at radius 3 is 2.57 bits per heavy atom. The van der Waals surface area contributed by atoms with Crippen molar-refractivity contribution in [3.63, 3.8) is 0 Å². The van der Waals surface area contributed by atoms with Crippen LogP contribution in [0, 0.1) is 0 Å². The average molecular weight is 287 g/mol. The van der Waals surface area contributed by atoms with Crippen LogP contribution in [0.3, 0.4) is 0 Å². The van der Waals surface area contributed by atoms with Crippen molar-refractivity contribution in [2.75, 3.05) is 0 Å². The lowest BCUT2D eigenvalue weighted by Gasteiger charge is -2.22. The SMILES string of the molecule is C[C@H](NC(=O)OC(C)(C)C)c1cncn1-c1ccccc1. The zero-order valence-corrected chi connectivity index (χ0v) is 12.8. The van der Waals surface area contributed by atoms with Crippen molar-refractivity contribution in [1.29, 1.82) is 0 Å². The Hall–Kier alpha value is -2.30. The van der Waals surface area contributed by atoms with Gasteiger partial charge in [0.1, 0.15) is 5.60 Å². The van der Waals surface area contributed by atoms with Gasteiger partial charge in [-0.15, -0.1) is 0 Å². The number of imidazole rings is 1. The van der Waals surface area contributed by atoms with Gasteiger partial charge in [-0.25, -0.2) is 9.78 Å². The first-order valence-corrected chi connectivity index (χ1v) is 6.94. The molecule has 0 bridgehead atoms. The minimum atomic E-state index is -0.510. The number of rotatable bonds is 3. The third-order valence-corrected chi connectivity index (χ3v) is 2.88. The van der Waals surface area contributed by atoms with E-state index in [2.05, 4.69) is 10.3 Å². The number of ether oxygens (including phenoxy) is 1. The van der Waals surface area contributed by atoms with Crippen LogP contribution in [0.2, 0.25) is 0 Å². The van der Waals surface area contributed by atoms with E-state index in [4.69, 9.17) is 4.74 Å². The molecule has 0 fully saturated rings. The van der Waals surface area contributed by atoms with Gasteiger partial charge in [0.25, 0.3) is 0 Å². The second-order valence-corrected chi connectivity index (χ2v) is 5.89. The van der Waals surface area contributed by atoms with Crippen LogP contribution < -0.4 is 5.32 Å². The highest BCUT2D eigenvalue weighted by molar-refractivity contribution is 5.68. The maximum Gasteiger partial charge on any atom is 0.408 e. The van der Waals surface area contributed by atoms with Gasteiger partial charge in [0.15, 0.2) is 0 Å². The second-order valence-electron chi connectivity index (χ2n) is 5.89. The number of hydrogen-bond acceptors (Lipinski definition) is 3. The molecule has 0 aliphatic carbocycles. The molecule has 0 unspecified atom stereocenters. The van der Waals surface area contributed by atoms with Gasteiger partial charge in [-0.3, -0.25) is 0 Å². The lowest BCUT2D eigenvalue weighted by Crippen LogP contribution is -2.34. The summed E-state index contributed by atoms with van der Waals surface area (Å²) in [4.78, 5) is 16.0. The third-order valence-electron chi connectivity index (χ3n) is 2.88. The van der Waals surface area contributed by atoms with Crippen LogP contribution in [-0.2, 0) is 4.74 Å². The predicted molar refractivity (Wildman–Crippen MR) is 81.3 cm³/mol. The number of para-hydroxylation sites is 1. The fourth-order valence-electron chi connectivity index (χ4n) is 1.99. The van der Waals surface area contributed by atoms with Crippen LogP contribution in [0.4, 0.5) is 4.79 Å². The van der Waals surface area contributed by atoms with Crippen LogP contribution >= 0.6 is 0 Å². The zero-order chi connectivity index (χ0) is 15.5. The number of carbonyl (C=O) groups excluding carboxylic acids is 1. The maximum atomic E-state index is 11.8. The molecule has 112 valence electrons. The second kappa shape index (κ2) is 5.99. The lowest BCUT2D eigenvalue weighted by atomic mass is 10.2. The summed E-state index contributed by atoms with van der Waals surface area (Å²) in [5.41, 5.74) is 1.39. The molecule has 1 heterocycles. The molecule has 2 aromatic rings. The Morgan fingerprint density at radius 1 is 1.29 bits per heavy atom. The number of amides is 1. The molecule has 1 N–H and O–H groups in total. The fourth-order valence-corrected chi connectivity index (χ4v) is 1.99. The van der Waals surface area contributed by atoms with E-state index in [1.54, 1.807) is 12.5 Å². The van der Waals surface area contributed by atoms with Gasteiger partial charge >= 0.3 is 6.09 Å². The molecule has 1 aromatic heterocycles. The molecule has 1 aromatic carbocycles. The molecule has 5 nitrogen and oxygen atoms in total. The predicted octanol–water partition coefficient (Wildman–Crippen LogP) is 3.46. The molecule has 1 amide bonds. The highest BCUT2D eigenvalue weighted by Crippen LogP contribution is 2.18. The van der Waals surface area contributed by atoms with Crippen molar-refractivity contribution in [1.82, 2.24) is 14.9 Å². The third kappa shape index (κ3) is 4.08. The minimum Gasteiger partial charge on any atom is -0.444 e. The standard InChI is InChI=1S/C16H21N3O2/c1-12(18-15(20)21-16(2,3)4)14-10-17-11-19(14)13-8-6-5-7-9-13/h5-12H,1-4H3,(H,18,20)/t12-/m0/s1. The van der Waals surface area contributed by atoms with Crippen LogP contribution in [0.25, 0.3) is 5.69 Å². The summed E-state index contributed by atoms with van der Waals surface area (Å²) >= 11 is 0. The molecule has 0 aliphatic rings. The van der Waals surface area contributed by atoms with Gasteiger partial charge in [-0.1, -0.05) is 18.2 Å². The zero-order valence-electron chi connectivity index (χ0n) is 12.8. The molecular weight excluding hydrogens is 266 g/mol. The molecule has 0 saturated carbocycles. The minimum absolute atomic E-state index is 0.206. The first-order valence-electron chi connectivity index (χ1n) is 6.94. The molecule has 0 spiro atoms. The topological polar surface area (TPSA) is 56.1 Å². The number of alkyl carbamates (subject to hydrolysis) is 1. The molecule has 21 heavy (non-hydrogen) atoms. The van der Waals surface area contributed by atoms with Crippen LogP contribution in [0.15, 0.2) is 42.9 Å². The number of hydrogen-bond donors (Lipinski definition) is 1. The largest absolute Gasteiger partial charge is 0.444 e. The maximum absolute atomic E-state index is 11.8. The van der Waals surface area contributed by atoms with Crippen molar-refractivity contribution in [3.05, 3.63) is 48.5 Å². The lowest BCUT2D eigenvalue weighted by molar-refractivity contribution is 0.0506. The normalized spacial score (nSPS) is 12.8. The van der Waals surface area contributed by atoms with Crippen molar-refractivity contribution in [2.45, 2.75) is 39.3 Å². The van der Waals surface area contributed by atoms with Crippen molar-refractivity contribution in [2.24, 2.45) is 0 Å². The summed E-state index contributed by atoms with van der Waals surface area (Å²) in [6, 6.07) is 9.66. The van der Waals surface area contributed by atoms with Crippen molar-refractivity contribution in [3.8, 4) is 5.69 Å². The summed E-state index contributed by atoms with van der Waals surface area (Å²) < 4.78 is 7.22. The van der Waals surface area contributed by atoms with Crippen LogP contribution in [0.5, 0.6) is 0 Å². The molecule has 0 radical (unpaired) electrons. The number of aromatic nitrogens is 2. The Morgan fingerprint density at radius 2 is 1.95 bits per heavy atom. The van der Waals surface area contributed by atoms with E-state index in [1.807, 2.05) is 62.6 Å². The highest BCUT2D eigenvalue weighted by Gasteiger charge is 2.20. The molecule has 1 atom stereocenters. The summed E-state index contributed by atoms with van der Waals surface area (Å²) in [5, 5.41) is 2.83. The Balaban J connectivity index is 2.13.